The number of nitrogens with zero attached hydrogens (tertiary/aromatic N) is 2. The molecule has 2 heterocycles. The predicted molar refractivity (Wildman–Crippen MR) is 62.1 cm³/mol. The van der Waals surface area contributed by atoms with E-state index in [1.807, 2.05) is 0 Å². The van der Waals surface area contributed by atoms with E-state index in [1.54, 1.807) is 24.3 Å². The molecule has 0 saturated heterocycles. The van der Waals surface area contributed by atoms with Crippen molar-refractivity contribution >= 4 is 23.6 Å². The number of aliphatic imine (C=N–C) groups is 1. The maximum Gasteiger partial charge on any atom is 0.351 e. The zero-order valence-corrected chi connectivity index (χ0v) is 9.57. The van der Waals surface area contributed by atoms with Crippen LogP contribution in [0.25, 0.3) is 0 Å². The van der Waals surface area contributed by atoms with Gasteiger partial charge in [-0.3, -0.25) is 9.59 Å². The number of hydrogen-bond acceptors (Lipinski definition) is 4. The van der Waals surface area contributed by atoms with E-state index in [1.165, 1.54) is 0 Å². The maximum atomic E-state index is 12.1. The van der Waals surface area contributed by atoms with E-state index in [9.17, 15) is 14.4 Å². The fraction of sp³-hybridized carbons (Fsp3) is 0.167. The Morgan fingerprint density at radius 1 is 1.37 bits per heavy atom. The lowest BCUT2D eigenvalue weighted by molar-refractivity contribution is -0.144. The van der Waals surface area contributed by atoms with E-state index in [0.717, 1.165) is 0 Å². The average Bonchev–Trinajstić information content (AvgIpc) is 2.73. The summed E-state index contributed by atoms with van der Waals surface area (Å²) in [6, 6.07) is 5.96. The number of carboxylic acids is 1. The lowest BCUT2D eigenvalue weighted by Crippen LogP contribution is -2.52. The number of ether oxygens (including phenoxy) is 1. The number of para-hydroxylation sites is 1. The molecule has 7 nitrogen and oxygen atoms in total. The molecule has 1 aromatic carbocycles. The Kier molecular flexibility index (Phi) is 2.34. The molecule has 96 valence electrons. The van der Waals surface area contributed by atoms with Gasteiger partial charge in [-0.05, 0) is 12.1 Å². The first-order chi connectivity index (χ1) is 9.08. The van der Waals surface area contributed by atoms with Crippen molar-refractivity contribution in [1.82, 2.24) is 4.90 Å². The molecule has 7 heteroatoms. The number of amides is 3. The normalized spacial score (nSPS) is 20.5. The van der Waals surface area contributed by atoms with E-state index in [0.29, 0.717) is 16.2 Å². The Morgan fingerprint density at radius 2 is 2.11 bits per heavy atom. The smallest absolute Gasteiger partial charge is 0.351 e. The van der Waals surface area contributed by atoms with Gasteiger partial charge >= 0.3 is 12.0 Å². The van der Waals surface area contributed by atoms with Gasteiger partial charge in [0.15, 0.2) is 0 Å². The summed E-state index contributed by atoms with van der Waals surface area (Å²) in [5.74, 6) is -1.52. The minimum Gasteiger partial charge on any atom is -0.480 e. The summed E-state index contributed by atoms with van der Waals surface area (Å²) in [7, 11) is 0. The van der Waals surface area contributed by atoms with Crippen molar-refractivity contribution in [3.63, 3.8) is 0 Å². The maximum absolute atomic E-state index is 12.1. The Hall–Kier alpha value is -2.70. The summed E-state index contributed by atoms with van der Waals surface area (Å²) in [6.07, 6.45) is -1.03. The minimum atomic E-state index is -1.28. The van der Waals surface area contributed by atoms with Crippen molar-refractivity contribution in [2.45, 2.75) is 6.10 Å². The number of aliphatic carboxylic acids is 1. The van der Waals surface area contributed by atoms with Crippen LogP contribution in [0.1, 0.15) is 5.56 Å². The number of imide groups is 1. The molecule has 1 atom stereocenters. The lowest BCUT2D eigenvalue weighted by Gasteiger charge is -2.24. The molecule has 1 aromatic rings. The fourth-order valence-electron chi connectivity index (χ4n) is 2.07. The van der Waals surface area contributed by atoms with Gasteiger partial charge in [-0.25, -0.2) is 9.69 Å². The summed E-state index contributed by atoms with van der Waals surface area (Å²) in [4.78, 5) is 38.7. The zero-order chi connectivity index (χ0) is 13.6. The fourth-order valence-corrected chi connectivity index (χ4v) is 2.07. The van der Waals surface area contributed by atoms with Crippen molar-refractivity contribution in [1.29, 1.82) is 0 Å². The molecule has 0 spiro atoms. The number of fused-ring (bicyclic) bond motifs is 3. The largest absolute Gasteiger partial charge is 0.480 e. The molecule has 2 aliphatic heterocycles. The highest BCUT2D eigenvalue weighted by Crippen LogP contribution is 2.31. The number of benzene rings is 1. The first kappa shape index (κ1) is 11.4. The number of carbonyl (C=O) groups excluding carboxylic acids is 2. The first-order valence-electron chi connectivity index (χ1n) is 5.49. The van der Waals surface area contributed by atoms with Gasteiger partial charge in [0.05, 0.1) is 0 Å². The topological polar surface area (TPSA) is 96.3 Å². The van der Waals surface area contributed by atoms with E-state index in [-0.39, 0.29) is 5.71 Å². The molecule has 3 rings (SSSR count). The summed E-state index contributed by atoms with van der Waals surface area (Å²) >= 11 is 0. The molecule has 1 N–H and O–H groups in total. The summed E-state index contributed by atoms with van der Waals surface area (Å²) in [5, 5.41) is 8.68. The molecular formula is C12H8N2O5. The van der Waals surface area contributed by atoms with Crippen LogP contribution in [0.5, 0.6) is 5.75 Å². The van der Waals surface area contributed by atoms with Crippen LogP contribution in [0.4, 0.5) is 4.79 Å². The molecule has 19 heavy (non-hydrogen) atoms. The third-order valence-electron chi connectivity index (χ3n) is 2.89. The van der Waals surface area contributed by atoms with Gasteiger partial charge in [0.25, 0.3) is 5.91 Å². The van der Waals surface area contributed by atoms with Crippen LogP contribution in [-0.2, 0) is 9.59 Å². The number of rotatable bonds is 2. The highest BCUT2D eigenvalue weighted by atomic mass is 16.5. The van der Waals surface area contributed by atoms with Crippen molar-refractivity contribution in [2.24, 2.45) is 4.99 Å². The first-order valence-corrected chi connectivity index (χ1v) is 5.49. The Labute approximate surface area is 107 Å². The standard InChI is InChI=1S/C12H8N2O5/c15-8(16)5-14-11(17)10-9(13-12(14)18)6-3-1-2-4-7(6)19-10/h1-4,10H,5H2,(H,15,16). The Morgan fingerprint density at radius 3 is 2.84 bits per heavy atom. The minimum absolute atomic E-state index is 0.243. The third-order valence-corrected chi connectivity index (χ3v) is 2.89. The van der Waals surface area contributed by atoms with Gasteiger partial charge in [0.1, 0.15) is 18.0 Å². The van der Waals surface area contributed by atoms with Gasteiger partial charge in [-0.15, -0.1) is 0 Å². The molecule has 0 radical (unpaired) electrons. The SMILES string of the molecule is O=C(O)CN1C(=O)N=C2c3ccccc3OC2C1=O. The summed E-state index contributed by atoms with van der Waals surface area (Å²) < 4.78 is 5.42. The molecule has 0 aliphatic carbocycles. The third kappa shape index (κ3) is 1.67. The molecule has 3 amide bonds. The van der Waals surface area contributed by atoms with Crippen LogP contribution in [0, 0.1) is 0 Å². The Bertz CT molecular complexity index is 637. The van der Waals surface area contributed by atoms with Crippen LogP contribution < -0.4 is 4.74 Å². The van der Waals surface area contributed by atoms with Crippen LogP contribution in [0.2, 0.25) is 0 Å². The Balaban J connectivity index is 2.02. The van der Waals surface area contributed by atoms with Crippen molar-refractivity contribution in [2.75, 3.05) is 6.54 Å². The quantitative estimate of drug-likeness (QED) is 0.824. The van der Waals surface area contributed by atoms with Gasteiger partial charge in [0, 0.05) is 5.56 Å². The number of urea groups is 1. The zero-order valence-electron chi connectivity index (χ0n) is 9.57. The van der Waals surface area contributed by atoms with E-state index in [2.05, 4.69) is 4.99 Å². The van der Waals surface area contributed by atoms with Crippen molar-refractivity contribution < 1.29 is 24.2 Å². The highest BCUT2D eigenvalue weighted by Gasteiger charge is 2.44. The van der Waals surface area contributed by atoms with Crippen LogP contribution in [0.15, 0.2) is 29.3 Å². The molecule has 1 unspecified atom stereocenters. The van der Waals surface area contributed by atoms with Gasteiger partial charge < -0.3 is 9.84 Å². The van der Waals surface area contributed by atoms with Crippen molar-refractivity contribution in [3.8, 4) is 5.75 Å². The predicted octanol–water partition coefficient (Wildman–Crippen LogP) is 0.284. The van der Waals surface area contributed by atoms with Gasteiger partial charge in [-0.2, -0.15) is 4.99 Å². The molecule has 0 bridgehead atoms. The number of carboxylic acid groups (broad SMARTS) is 1. The van der Waals surface area contributed by atoms with E-state index < -0.39 is 30.6 Å². The monoisotopic (exact) mass is 260 g/mol. The van der Waals surface area contributed by atoms with Crippen LogP contribution in [-0.4, -0.2) is 46.3 Å². The second-order valence-electron chi connectivity index (χ2n) is 4.09. The molecule has 0 aromatic heterocycles. The molecule has 0 fully saturated rings. The summed E-state index contributed by atoms with van der Waals surface area (Å²) in [5.41, 5.74) is 0.830. The molecule has 0 saturated carbocycles. The van der Waals surface area contributed by atoms with Crippen LogP contribution >= 0.6 is 0 Å². The number of carbonyl (C=O) groups is 3. The van der Waals surface area contributed by atoms with Crippen molar-refractivity contribution in [3.05, 3.63) is 29.8 Å². The second-order valence-corrected chi connectivity index (χ2v) is 4.09. The molecular weight excluding hydrogens is 252 g/mol. The van der Waals surface area contributed by atoms with Gasteiger partial charge in [0.2, 0.25) is 6.10 Å². The average molecular weight is 260 g/mol. The van der Waals surface area contributed by atoms with Crippen LogP contribution in [0.3, 0.4) is 0 Å². The second kappa shape index (κ2) is 3.91. The number of hydrogen-bond donors (Lipinski definition) is 1. The lowest BCUT2D eigenvalue weighted by atomic mass is 10.1. The summed E-state index contributed by atoms with van der Waals surface area (Å²) in [6.45, 7) is -0.718. The highest BCUT2D eigenvalue weighted by molar-refractivity contribution is 6.27. The molecule has 2 aliphatic rings. The van der Waals surface area contributed by atoms with E-state index in [4.69, 9.17) is 9.84 Å². The van der Waals surface area contributed by atoms with E-state index >= 15 is 0 Å². The van der Waals surface area contributed by atoms with Gasteiger partial charge in [-0.1, -0.05) is 12.1 Å².